The van der Waals surface area contributed by atoms with Crippen molar-refractivity contribution in [2.24, 2.45) is 0 Å². The third-order valence-corrected chi connectivity index (χ3v) is 3.62. The van der Waals surface area contributed by atoms with E-state index in [4.69, 9.17) is 4.74 Å². The number of ether oxygens (including phenoxy) is 1. The highest BCUT2D eigenvalue weighted by atomic mass is 16.5. The third kappa shape index (κ3) is 3.84. The fraction of sp³-hybridized carbons (Fsp3) is 0.333. The lowest BCUT2D eigenvalue weighted by molar-refractivity contribution is 0.306. The second kappa shape index (κ2) is 6.10. The summed E-state index contributed by atoms with van der Waals surface area (Å²) in [7, 11) is 0. The molecule has 2 aromatic carbocycles. The predicted octanol–water partition coefficient (Wildman–Crippen LogP) is 3.83. The van der Waals surface area contributed by atoms with Gasteiger partial charge in [-0.05, 0) is 43.0 Å². The monoisotopic (exact) mass is 267 g/mol. The first-order chi connectivity index (χ1) is 9.79. The van der Waals surface area contributed by atoms with Gasteiger partial charge in [-0.3, -0.25) is 0 Å². The van der Waals surface area contributed by atoms with Gasteiger partial charge < -0.3 is 10.1 Å². The average molecular weight is 267 g/mol. The second-order valence-electron chi connectivity index (χ2n) is 5.57. The number of benzene rings is 2. The average Bonchev–Trinajstić information content (AvgIpc) is 3.30. The maximum atomic E-state index is 5.78. The van der Waals surface area contributed by atoms with Crippen LogP contribution in [0.15, 0.2) is 48.5 Å². The Morgan fingerprint density at radius 2 is 1.60 bits per heavy atom. The Balaban J connectivity index is 1.50. The number of aryl methyl sites for hydroxylation is 1. The summed E-state index contributed by atoms with van der Waals surface area (Å²) in [6.07, 6.45) is 2.67. The Labute approximate surface area is 120 Å². The fourth-order valence-electron chi connectivity index (χ4n) is 2.10. The van der Waals surface area contributed by atoms with Crippen molar-refractivity contribution >= 4 is 0 Å². The van der Waals surface area contributed by atoms with Crippen LogP contribution in [0.2, 0.25) is 0 Å². The molecule has 20 heavy (non-hydrogen) atoms. The maximum absolute atomic E-state index is 5.78. The van der Waals surface area contributed by atoms with E-state index in [2.05, 4.69) is 48.6 Å². The van der Waals surface area contributed by atoms with E-state index in [-0.39, 0.29) is 0 Å². The van der Waals surface area contributed by atoms with E-state index in [9.17, 15) is 0 Å². The zero-order valence-corrected chi connectivity index (χ0v) is 11.9. The van der Waals surface area contributed by atoms with Gasteiger partial charge in [-0.1, -0.05) is 42.0 Å². The van der Waals surface area contributed by atoms with Crippen LogP contribution in [0.5, 0.6) is 5.75 Å². The summed E-state index contributed by atoms with van der Waals surface area (Å²) < 4.78 is 5.78. The van der Waals surface area contributed by atoms with Gasteiger partial charge in [0.25, 0.3) is 0 Å². The van der Waals surface area contributed by atoms with E-state index in [1.807, 2.05) is 12.1 Å². The molecular weight excluding hydrogens is 246 g/mol. The van der Waals surface area contributed by atoms with Gasteiger partial charge in [0.1, 0.15) is 12.4 Å². The fourth-order valence-corrected chi connectivity index (χ4v) is 2.10. The van der Waals surface area contributed by atoms with Gasteiger partial charge in [-0.25, -0.2) is 0 Å². The molecule has 0 heterocycles. The summed E-state index contributed by atoms with van der Waals surface area (Å²) in [6, 6.07) is 17.6. The molecule has 0 aliphatic heterocycles. The first kappa shape index (κ1) is 13.2. The minimum atomic E-state index is 0.624. The highest BCUT2D eigenvalue weighted by Crippen LogP contribution is 2.19. The summed E-state index contributed by atoms with van der Waals surface area (Å²) in [5, 5.41) is 3.52. The molecule has 0 radical (unpaired) electrons. The van der Waals surface area contributed by atoms with E-state index in [0.717, 1.165) is 18.3 Å². The molecule has 1 aliphatic carbocycles. The van der Waals surface area contributed by atoms with Crippen molar-refractivity contribution < 1.29 is 4.74 Å². The van der Waals surface area contributed by atoms with Crippen LogP contribution >= 0.6 is 0 Å². The molecule has 2 nitrogen and oxygen atoms in total. The zero-order valence-electron chi connectivity index (χ0n) is 11.9. The first-order valence-electron chi connectivity index (χ1n) is 7.30. The Bertz CT molecular complexity index is 541. The molecule has 1 aliphatic rings. The third-order valence-electron chi connectivity index (χ3n) is 3.62. The molecule has 1 N–H and O–H groups in total. The molecule has 0 spiro atoms. The molecule has 0 unspecified atom stereocenters. The Morgan fingerprint density at radius 3 is 2.25 bits per heavy atom. The Morgan fingerprint density at radius 1 is 0.950 bits per heavy atom. The lowest BCUT2D eigenvalue weighted by atomic mass is 10.1. The molecule has 1 saturated carbocycles. The summed E-state index contributed by atoms with van der Waals surface area (Å²) in [5.41, 5.74) is 3.81. The van der Waals surface area contributed by atoms with Crippen molar-refractivity contribution in [2.45, 2.75) is 39.0 Å². The van der Waals surface area contributed by atoms with Crippen molar-refractivity contribution in [3.05, 3.63) is 65.2 Å². The van der Waals surface area contributed by atoms with Crippen LogP contribution in [-0.4, -0.2) is 6.04 Å². The van der Waals surface area contributed by atoms with Crippen LogP contribution in [0.25, 0.3) is 0 Å². The summed E-state index contributed by atoms with van der Waals surface area (Å²) in [6.45, 7) is 3.68. The molecule has 1 fully saturated rings. The van der Waals surface area contributed by atoms with Crippen molar-refractivity contribution in [3.63, 3.8) is 0 Å². The number of hydrogen-bond donors (Lipinski definition) is 1. The van der Waals surface area contributed by atoms with Gasteiger partial charge in [-0.2, -0.15) is 0 Å². The SMILES string of the molecule is Cc1ccc(OCc2ccc(CNC3CC3)cc2)cc1. The van der Waals surface area contributed by atoms with Gasteiger partial charge in [0.15, 0.2) is 0 Å². The lowest BCUT2D eigenvalue weighted by Gasteiger charge is -2.08. The minimum Gasteiger partial charge on any atom is -0.489 e. The molecule has 0 amide bonds. The molecule has 2 aromatic rings. The Hall–Kier alpha value is -1.80. The molecule has 3 rings (SSSR count). The lowest BCUT2D eigenvalue weighted by Crippen LogP contribution is -2.15. The molecular formula is C18H21NO. The second-order valence-corrected chi connectivity index (χ2v) is 5.57. The van der Waals surface area contributed by atoms with E-state index >= 15 is 0 Å². The van der Waals surface area contributed by atoms with Gasteiger partial charge in [0, 0.05) is 12.6 Å². The number of nitrogens with one attached hydrogen (secondary N) is 1. The molecule has 0 bridgehead atoms. The van der Waals surface area contributed by atoms with Gasteiger partial charge >= 0.3 is 0 Å². The minimum absolute atomic E-state index is 0.624. The number of hydrogen-bond acceptors (Lipinski definition) is 2. The quantitative estimate of drug-likeness (QED) is 0.859. The first-order valence-corrected chi connectivity index (χ1v) is 7.30. The van der Waals surface area contributed by atoms with Crippen molar-refractivity contribution in [1.82, 2.24) is 5.32 Å². The van der Waals surface area contributed by atoms with Crippen LogP contribution < -0.4 is 10.1 Å². The van der Waals surface area contributed by atoms with Gasteiger partial charge in [0.2, 0.25) is 0 Å². The molecule has 0 aromatic heterocycles. The summed E-state index contributed by atoms with van der Waals surface area (Å²) in [5.74, 6) is 0.926. The highest BCUT2D eigenvalue weighted by Gasteiger charge is 2.19. The molecule has 0 saturated heterocycles. The van der Waals surface area contributed by atoms with Gasteiger partial charge in [-0.15, -0.1) is 0 Å². The molecule has 104 valence electrons. The summed E-state index contributed by atoms with van der Waals surface area (Å²) in [4.78, 5) is 0. The van der Waals surface area contributed by atoms with E-state index < -0.39 is 0 Å². The topological polar surface area (TPSA) is 21.3 Å². The Kier molecular flexibility index (Phi) is 4.03. The van der Waals surface area contributed by atoms with Crippen LogP contribution in [0.1, 0.15) is 29.5 Å². The maximum Gasteiger partial charge on any atom is 0.119 e. The highest BCUT2D eigenvalue weighted by molar-refractivity contribution is 5.27. The molecule has 2 heteroatoms. The van der Waals surface area contributed by atoms with E-state index in [0.29, 0.717) is 6.61 Å². The van der Waals surface area contributed by atoms with Crippen molar-refractivity contribution in [1.29, 1.82) is 0 Å². The molecule has 0 atom stereocenters. The normalized spacial score (nSPS) is 14.2. The zero-order chi connectivity index (χ0) is 13.8. The number of rotatable bonds is 6. The van der Waals surface area contributed by atoms with Crippen molar-refractivity contribution in [2.75, 3.05) is 0 Å². The van der Waals surface area contributed by atoms with Crippen LogP contribution in [0.4, 0.5) is 0 Å². The largest absolute Gasteiger partial charge is 0.489 e. The predicted molar refractivity (Wildman–Crippen MR) is 81.8 cm³/mol. The van der Waals surface area contributed by atoms with E-state index in [1.165, 1.54) is 29.5 Å². The van der Waals surface area contributed by atoms with Crippen LogP contribution in [0, 0.1) is 6.92 Å². The van der Waals surface area contributed by atoms with Crippen LogP contribution in [-0.2, 0) is 13.2 Å². The summed E-state index contributed by atoms with van der Waals surface area (Å²) >= 11 is 0. The standard InChI is InChI=1S/C18H21NO/c1-14-2-10-18(11-3-14)20-13-16-6-4-15(5-7-16)12-19-17-8-9-17/h2-7,10-11,17,19H,8-9,12-13H2,1H3. The van der Waals surface area contributed by atoms with Crippen molar-refractivity contribution in [3.8, 4) is 5.75 Å². The smallest absolute Gasteiger partial charge is 0.119 e. The van der Waals surface area contributed by atoms with Crippen LogP contribution in [0.3, 0.4) is 0 Å². The van der Waals surface area contributed by atoms with E-state index in [1.54, 1.807) is 0 Å². The van der Waals surface area contributed by atoms with Gasteiger partial charge in [0.05, 0.1) is 0 Å².